The number of pyridine rings is 1. The van der Waals surface area contributed by atoms with Gasteiger partial charge in [-0.05, 0) is 43.2 Å². The van der Waals surface area contributed by atoms with E-state index in [-0.39, 0.29) is 17.9 Å². The number of ether oxygens (including phenoxy) is 1. The highest BCUT2D eigenvalue weighted by atomic mass is 16.5. The Hall–Kier alpha value is -3.71. The summed E-state index contributed by atoms with van der Waals surface area (Å²) >= 11 is 0. The Labute approximate surface area is 150 Å². The Morgan fingerprint density at radius 1 is 1.27 bits per heavy atom. The first-order valence-corrected chi connectivity index (χ1v) is 7.99. The Morgan fingerprint density at radius 3 is 2.77 bits per heavy atom. The fourth-order valence-corrected chi connectivity index (χ4v) is 2.73. The molecule has 0 saturated heterocycles. The van der Waals surface area contributed by atoms with Crippen LogP contribution in [0.5, 0.6) is 0 Å². The van der Waals surface area contributed by atoms with Gasteiger partial charge < -0.3 is 4.74 Å². The molecule has 2 heterocycles. The van der Waals surface area contributed by atoms with E-state index in [2.05, 4.69) is 16.2 Å². The van der Waals surface area contributed by atoms with Gasteiger partial charge in [-0.3, -0.25) is 9.67 Å². The lowest BCUT2D eigenvalue weighted by molar-refractivity contribution is 0.0526. The summed E-state index contributed by atoms with van der Waals surface area (Å²) in [7, 11) is 0. The van der Waals surface area contributed by atoms with Gasteiger partial charge in [0.05, 0.1) is 24.2 Å². The van der Waals surface area contributed by atoms with Crippen molar-refractivity contribution in [2.45, 2.75) is 20.4 Å². The van der Waals surface area contributed by atoms with Crippen molar-refractivity contribution in [1.29, 1.82) is 10.5 Å². The minimum absolute atomic E-state index is 0.0160. The molecule has 0 radical (unpaired) electrons. The zero-order valence-corrected chi connectivity index (χ0v) is 14.4. The third-order valence-electron chi connectivity index (χ3n) is 3.81. The molecule has 7 nitrogen and oxygen atoms in total. The highest BCUT2D eigenvalue weighted by Crippen LogP contribution is 2.21. The van der Waals surface area contributed by atoms with Gasteiger partial charge in [-0.1, -0.05) is 0 Å². The van der Waals surface area contributed by atoms with Crippen LogP contribution < -0.4 is 0 Å². The Bertz CT molecular complexity index is 1090. The number of aryl methyl sites for hydroxylation is 1. The fourth-order valence-electron chi connectivity index (χ4n) is 2.73. The number of esters is 1. The molecule has 0 amide bonds. The number of carbonyl (C=O) groups excluding carboxylic acids is 1. The molecule has 0 fully saturated rings. The van der Waals surface area contributed by atoms with Crippen molar-refractivity contribution in [3.8, 4) is 12.1 Å². The number of benzene rings is 1. The molecule has 7 heteroatoms. The molecule has 0 atom stereocenters. The number of rotatable bonds is 4. The molecule has 0 N–H and O–H groups in total. The molecule has 0 spiro atoms. The van der Waals surface area contributed by atoms with Gasteiger partial charge in [-0.15, -0.1) is 0 Å². The maximum Gasteiger partial charge on any atom is 0.342 e. The van der Waals surface area contributed by atoms with Crippen molar-refractivity contribution in [3.63, 3.8) is 0 Å². The van der Waals surface area contributed by atoms with E-state index in [9.17, 15) is 15.3 Å². The lowest BCUT2D eigenvalue weighted by atomic mass is 10.0. The second-order valence-corrected chi connectivity index (χ2v) is 5.76. The molecular weight excluding hydrogens is 330 g/mol. The van der Waals surface area contributed by atoms with Crippen LogP contribution in [0.3, 0.4) is 0 Å². The van der Waals surface area contributed by atoms with Crippen LogP contribution in [0.2, 0.25) is 0 Å². The highest BCUT2D eigenvalue weighted by Gasteiger charge is 2.17. The van der Waals surface area contributed by atoms with Gasteiger partial charge in [0.2, 0.25) is 0 Å². The standard InChI is InChI=1S/C19H15N5O2/c1-3-26-19(25)16-11-24(23-17(16)8-21)10-13-5-14-4-12(2)9-22-18(14)15(6-13)7-20/h4-6,9,11H,3,10H2,1-2H3. The molecule has 3 aromatic rings. The Kier molecular flexibility index (Phi) is 4.64. The third-order valence-corrected chi connectivity index (χ3v) is 3.81. The largest absolute Gasteiger partial charge is 0.462 e. The van der Waals surface area contributed by atoms with Gasteiger partial charge in [0.25, 0.3) is 0 Å². The SMILES string of the molecule is CCOC(=O)c1cn(Cc2cc(C#N)c3ncc(C)cc3c2)nc1C#N. The molecule has 128 valence electrons. The Balaban J connectivity index is 2.00. The predicted octanol–water partition coefficient (Wildman–Crippen LogP) is 2.71. The van der Waals surface area contributed by atoms with Crippen molar-refractivity contribution in [2.75, 3.05) is 6.61 Å². The average molecular weight is 345 g/mol. The van der Waals surface area contributed by atoms with Crippen LogP contribution in [0.15, 0.2) is 30.6 Å². The summed E-state index contributed by atoms with van der Waals surface area (Å²) in [5.74, 6) is -0.577. The smallest absolute Gasteiger partial charge is 0.342 e. The maximum atomic E-state index is 11.9. The van der Waals surface area contributed by atoms with Gasteiger partial charge in [0.15, 0.2) is 5.69 Å². The molecule has 1 aromatic carbocycles. The molecule has 0 aliphatic heterocycles. The zero-order chi connectivity index (χ0) is 18.7. The highest BCUT2D eigenvalue weighted by molar-refractivity contribution is 5.91. The van der Waals surface area contributed by atoms with Crippen molar-refractivity contribution in [2.24, 2.45) is 0 Å². The van der Waals surface area contributed by atoms with Crippen LogP contribution in [0.25, 0.3) is 10.9 Å². The van der Waals surface area contributed by atoms with E-state index in [1.54, 1.807) is 19.2 Å². The number of fused-ring (bicyclic) bond motifs is 1. The van der Waals surface area contributed by atoms with Crippen LogP contribution in [0, 0.1) is 29.6 Å². The van der Waals surface area contributed by atoms with E-state index in [1.165, 1.54) is 10.9 Å². The second kappa shape index (κ2) is 7.04. The topological polar surface area (TPSA) is 105 Å². The van der Waals surface area contributed by atoms with Gasteiger partial charge in [0.1, 0.15) is 17.7 Å². The van der Waals surface area contributed by atoms with E-state index < -0.39 is 5.97 Å². The normalized spacial score (nSPS) is 10.3. The Morgan fingerprint density at radius 2 is 2.08 bits per heavy atom. The molecule has 0 aliphatic rings. The zero-order valence-electron chi connectivity index (χ0n) is 14.4. The first kappa shape index (κ1) is 17.1. The summed E-state index contributed by atoms with van der Waals surface area (Å²) in [6.07, 6.45) is 3.21. The first-order chi connectivity index (χ1) is 12.5. The molecular formula is C19H15N5O2. The van der Waals surface area contributed by atoms with E-state index in [0.717, 1.165) is 16.5 Å². The van der Waals surface area contributed by atoms with E-state index in [4.69, 9.17) is 4.74 Å². The minimum Gasteiger partial charge on any atom is -0.462 e. The lowest BCUT2D eigenvalue weighted by Crippen LogP contribution is -2.05. The third kappa shape index (κ3) is 3.24. The summed E-state index contributed by atoms with van der Waals surface area (Å²) in [6.45, 7) is 4.16. The predicted molar refractivity (Wildman–Crippen MR) is 93.2 cm³/mol. The number of carbonyl (C=O) groups is 1. The summed E-state index contributed by atoms with van der Waals surface area (Å²) in [4.78, 5) is 16.3. The molecule has 26 heavy (non-hydrogen) atoms. The first-order valence-electron chi connectivity index (χ1n) is 7.99. The number of hydrogen-bond acceptors (Lipinski definition) is 6. The number of hydrogen-bond donors (Lipinski definition) is 0. The van der Waals surface area contributed by atoms with Crippen molar-refractivity contribution < 1.29 is 9.53 Å². The van der Waals surface area contributed by atoms with Gasteiger partial charge >= 0.3 is 5.97 Å². The van der Waals surface area contributed by atoms with Crippen molar-refractivity contribution in [1.82, 2.24) is 14.8 Å². The molecule has 0 bridgehead atoms. The lowest BCUT2D eigenvalue weighted by Gasteiger charge is -2.06. The van der Waals surface area contributed by atoms with Crippen LogP contribution >= 0.6 is 0 Å². The maximum absolute atomic E-state index is 11.9. The van der Waals surface area contributed by atoms with Crippen LogP contribution in [-0.4, -0.2) is 27.3 Å². The molecule has 0 aliphatic carbocycles. The van der Waals surface area contributed by atoms with E-state index in [1.807, 2.05) is 25.1 Å². The van der Waals surface area contributed by atoms with Crippen LogP contribution in [0.1, 0.15) is 39.7 Å². The monoisotopic (exact) mass is 345 g/mol. The molecule has 2 aromatic heterocycles. The van der Waals surface area contributed by atoms with Crippen LogP contribution in [0.4, 0.5) is 0 Å². The van der Waals surface area contributed by atoms with Gasteiger partial charge in [0, 0.05) is 17.8 Å². The summed E-state index contributed by atoms with van der Waals surface area (Å²) in [5, 5.41) is 23.6. The summed E-state index contributed by atoms with van der Waals surface area (Å²) < 4.78 is 6.44. The van der Waals surface area contributed by atoms with E-state index >= 15 is 0 Å². The second-order valence-electron chi connectivity index (χ2n) is 5.76. The number of nitrogens with zero attached hydrogens (tertiary/aromatic N) is 5. The average Bonchev–Trinajstić information content (AvgIpc) is 3.03. The van der Waals surface area contributed by atoms with Crippen molar-refractivity contribution in [3.05, 3.63) is 58.5 Å². The van der Waals surface area contributed by atoms with Crippen molar-refractivity contribution >= 4 is 16.9 Å². The quantitative estimate of drug-likeness (QED) is 0.673. The molecule has 0 saturated carbocycles. The van der Waals surface area contributed by atoms with Gasteiger partial charge in [-0.2, -0.15) is 15.6 Å². The van der Waals surface area contributed by atoms with E-state index in [0.29, 0.717) is 17.6 Å². The number of aromatic nitrogens is 3. The number of nitriles is 2. The van der Waals surface area contributed by atoms with Gasteiger partial charge in [-0.25, -0.2) is 4.79 Å². The molecule has 0 unspecified atom stereocenters. The fraction of sp³-hybridized carbons (Fsp3) is 0.211. The van der Waals surface area contributed by atoms with Crippen LogP contribution in [-0.2, 0) is 11.3 Å². The minimum atomic E-state index is -0.577. The summed E-state index contributed by atoms with van der Waals surface area (Å²) in [6, 6.07) is 9.69. The molecule has 3 rings (SSSR count). The summed E-state index contributed by atoms with van der Waals surface area (Å²) in [5.41, 5.74) is 3.08.